The Morgan fingerprint density at radius 1 is 1.11 bits per heavy atom. The van der Waals surface area contributed by atoms with Gasteiger partial charge in [-0.2, -0.15) is 13.2 Å². The lowest BCUT2D eigenvalue weighted by Crippen LogP contribution is -2.35. The van der Waals surface area contributed by atoms with Gasteiger partial charge in [-0.25, -0.2) is 0 Å². The molecule has 0 spiro atoms. The highest BCUT2D eigenvalue weighted by atomic mass is 32.2. The molecule has 1 aliphatic rings. The van der Waals surface area contributed by atoms with Crippen LogP contribution in [0.5, 0.6) is 0 Å². The Morgan fingerprint density at radius 3 is 2.52 bits per heavy atom. The van der Waals surface area contributed by atoms with Crippen LogP contribution in [-0.4, -0.2) is 23.6 Å². The minimum absolute atomic E-state index is 0.0395. The van der Waals surface area contributed by atoms with Gasteiger partial charge < -0.3 is 10.6 Å². The highest BCUT2D eigenvalue weighted by molar-refractivity contribution is 8.01. The van der Waals surface area contributed by atoms with E-state index in [1.807, 2.05) is 18.2 Å². The molecule has 1 atom stereocenters. The van der Waals surface area contributed by atoms with Crippen LogP contribution in [0.25, 0.3) is 0 Å². The monoisotopic (exact) mass is 394 g/mol. The van der Waals surface area contributed by atoms with Crippen LogP contribution in [0.4, 0.5) is 18.9 Å². The molecule has 0 aliphatic carbocycles. The molecule has 3 rings (SSSR count). The number of nitrogens with one attached hydrogen (secondary N) is 2. The van der Waals surface area contributed by atoms with Gasteiger partial charge in [0.2, 0.25) is 11.8 Å². The zero-order chi connectivity index (χ0) is 19.4. The topological polar surface area (TPSA) is 58.2 Å². The molecule has 2 N–H and O–H groups in total. The Morgan fingerprint density at radius 2 is 1.81 bits per heavy atom. The molecule has 0 radical (unpaired) electrons. The van der Waals surface area contributed by atoms with Gasteiger partial charge >= 0.3 is 6.18 Å². The Kier molecular flexibility index (Phi) is 5.74. The standard InChI is InChI=1S/C19H17F3N2O2S/c20-19(21,22)13-7-5-12(6-8-13)9-10-23-17(25)11-16-18(26)24-14-3-1-2-4-15(14)27-16/h1-8,16H,9-11H2,(H,23,25)(H,24,26). The molecular formula is C19H17F3N2O2S. The van der Waals surface area contributed by atoms with E-state index in [4.69, 9.17) is 0 Å². The Balaban J connectivity index is 1.47. The summed E-state index contributed by atoms with van der Waals surface area (Å²) < 4.78 is 37.6. The number of anilines is 1. The maximum absolute atomic E-state index is 12.5. The van der Waals surface area contributed by atoms with Gasteiger partial charge in [0.1, 0.15) is 0 Å². The fourth-order valence-corrected chi connectivity index (χ4v) is 3.78. The largest absolute Gasteiger partial charge is 0.416 e. The molecule has 0 fully saturated rings. The van der Waals surface area contributed by atoms with Crippen LogP contribution in [0.2, 0.25) is 0 Å². The maximum atomic E-state index is 12.5. The van der Waals surface area contributed by atoms with Crippen molar-refractivity contribution >= 4 is 29.3 Å². The van der Waals surface area contributed by atoms with Crippen molar-refractivity contribution in [3.05, 3.63) is 59.7 Å². The average Bonchev–Trinajstić information content (AvgIpc) is 2.62. The number of benzene rings is 2. The third-order valence-corrected chi connectivity index (χ3v) is 5.37. The molecule has 0 bridgehead atoms. The highest BCUT2D eigenvalue weighted by Gasteiger charge is 2.30. The maximum Gasteiger partial charge on any atom is 0.416 e. The number of amides is 2. The summed E-state index contributed by atoms with van der Waals surface area (Å²) in [6, 6.07) is 12.2. The van der Waals surface area contributed by atoms with Crippen LogP contribution in [0, 0.1) is 0 Å². The number of fused-ring (bicyclic) bond motifs is 1. The first-order valence-electron chi connectivity index (χ1n) is 8.32. The third kappa shape index (κ3) is 5.03. The number of carbonyl (C=O) groups is 2. The fraction of sp³-hybridized carbons (Fsp3) is 0.263. The van der Waals surface area contributed by atoms with E-state index in [1.165, 1.54) is 23.9 Å². The normalized spacial score (nSPS) is 16.4. The average molecular weight is 394 g/mol. The lowest BCUT2D eigenvalue weighted by molar-refractivity contribution is -0.137. The predicted octanol–water partition coefficient (Wildman–Crippen LogP) is 3.87. The SMILES string of the molecule is O=C(CC1Sc2ccccc2NC1=O)NCCc1ccc(C(F)(F)F)cc1. The summed E-state index contributed by atoms with van der Waals surface area (Å²) in [6.07, 6.45) is -3.90. The van der Waals surface area contributed by atoms with E-state index in [0.717, 1.165) is 22.7 Å². The number of halogens is 3. The second-order valence-corrected chi connectivity index (χ2v) is 7.34. The molecule has 0 saturated heterocycles. The smallest absolute Gasteiger partial charge is 0.356 e. The van der Waals surface area contributed by atoms with Crippen molar-refractivity contribution in [2.24, 2.45) is 0 Å². The van der Waals surface area contributed by atoms with Crippen molar-refractivity contribution in [2.45, 2.75) is 29.2 Å². The van der Waals surface area contributed by atoms with Crippen LogP contribution < -0.4 is 10.6 Å². The quantitative estimate of drug-likeness (QED) is 0.810. The van der Waals surface area contributed by atoms with E-state index in [1.54, 1.807) is 6.07 Å². The number of rotatable bonds is 5. The summed E-state index contributed by atoms with van der Waals surface area (Å²) in [4.78, 5) is 25.1. The first-order chi connectivity index (χ1) is 12.8. The van der Waals surface area contributed by atoms with Gasteiger partial charge in [-0.3, -0.25) is 9.59 Å². The Bertz CT molecular complexity index is 838. The summed E-state index contributed by atoms with van der Waals surface area (Å²) in [5.74, 6) is -0.481. The van der Waals surface area contributed by atoms with Gasteiger partial charge in [-0.05, 0) is 36.2 Å². The van der Waals surface area contributed by atoms with Crippen LogP contribution in [-0.2, 0) is 22.2 Å². The number of hydrogen-bond acceptors (Lipinski definition) is 3. The molecule has 2 aromatic carbocycles. The summed E-state index contributed by atoms with van der Waals surface area (Å²) in [5, 5.41) is 4.99. The molecule has 4 nitrogen and oxygen atoms in total. The summed E-state index contributed by atoms with van der Waals surface area (Å²) in [6.45, 7) is 0.291. The van der Waals surface area contributed by atoms with Crippen LogP contribution >= 0.6 is 11.8 Å². The highest BCUT2D eigenvalue weighted by Crippen LogP contribution is 2.36. The van der Waals surface area contributed by atoms with Crippen LogP contribution in [0.3, 0.4) is 0 Å². The van der Waals surface area contributed by atoms with Gasteiger partial charge in [0.15, 0.2) is 0 Å². The van der Waals surface area contributed by atoms with Crippen LogP contribution in [0.1, 0.15) is 17.5 Å². The number of carbonyl (C=O) groups excluding carboxylic acids is 2. The summed E-state index contributed by atoms with van der Waals surface area (Å²) in [5.41, 5.74) is 0.740. The molecule has 0 aromatic heterocycles. The summed E-state index contributed by atoms with van der Waals surface area (Å²) >= 11 is 1.35. The van der Waals surface area contributed by atoms with Crippen LogP contribution in [0.15, 0.2) is 53.4 Å². The van der Waals surface area contributed by atoms with E-state index in [0.29, 0.717) is 18.5 Å². The van der Waals surface area contributed by atoms with Gasteiger partial charge in [-0.15, -0.1) is 11.8 Å². The number of hydrogen-bond donors (Lipinski definition) is 2. The van der Waals surface area contributed by atoms with Crippen molar-refractivity contribution in [2.75, 3.05) is 11.9 Å². The van der Waals surface area contributed by atoms with E-state index in [9.17, 15) is 22.8 Å². The first kappa shape index (κ1) is 19.3. The van der Waals surface area contributed by atoms with E-state index in [2.05, 4.69) is 10.6 Å². The second kappa shape index (κ2) is 8.04. The number of alkyl halides is 3. The predicted molar refractivity (Wildman–Crippen MR) is 97.5 cm³/mol. The fourth-order valence-electron chi connectivity index (χ4n) is 2.67. The number of para-hydroxylation sites is 1. The van der Waals surface area contributed by atoms with Gasteiger partial charge in [-0.1, -0.05) is 24.3 Å². The minimum atomic E-state index is -4.36. The lowest BCUT2D eigenvalue weighted by atomic mass is 10.1. The molecule has 2 amide bonds. The zero-order valence-electron chi connectivity index (χ0n) is 14.2. The lowest BCUT2D eigenvalue weighted by Gasteiger charge is -2.23. The molecule has 8 heteroatoms. The molecule has 1 heterocycles. The van der Waals surface area contributed by atoms with Crippen molar-refractivity contribution in [1.82, 2.24) is 5.32 Å². The van der Waals surface area contributed by atoms with Crippen molar-refractivity contribution < 1.29 is 22.8 Å². The zero-order valence-corrected chi connectivity index (χ0v) is 15.0. The van der Waals surface area contributed by atoms with Gasteiger partial charge in [0, 0.05) is 17.9 Å². The van der Waals surface area contributed by atoms with Crippen molar-refractivity contribution in [3.8, 4) is 0 Å². The van der Waals surface area contributed by atoms with Gasteiger partial charge in [0.25, 0.3) is 0 Å². The second-order valence-electron chi connectivity index (χ2n) is 6.09. The molecule has 2 aromatic rings. The molecule has 0 saturated carbocycles. The Hall–Kier alpha value is -2.48. The molecule has 1 aliphatic heterocycles. The minimum Gasteiger partial charge on any atom is -0.356 e. The molecular weight excluding hydrogens is 377 g/mol. The van der Waals surface area contributed by atoms with E-state index >= 15 is 0 Å². The Labute approximate surface area is 158 Å². The molecule has 142 valence electrons. The number of thioether (sulfide) groups is 1. The first-order valence-corrected chi connectivity index (χ1v) is 9.20. The van der Waals surface area contributed by atoms with E-state index in [-0.39, 0.29) is 18.2 Å². The van der Waals surface area contributed by atoms with Gasteiger partial charge in [0.05, 0.1) is 16.5 Å². The molecule has 27 heavy (non-hydrogen) atoms. The third-order valence-electron chi connectivity index (χ3n) is 4.09. The van der Waals surface area contributed by atoms with Crippen molar-refractivity contribution in [1.29, 1.82) is 0 Å². The van der Waals surface area contributed by atoms with Crippen molar-refractivity contribution in [3.63, 3.8) is 0 Å². The van der Waals surface area contributed by atoms with E-state index < -0.39 is 17.0 Å². The summed E-state index contributed by atoms with van der Waals surface area (Å²) in [7, 11) is 0. The molecule has 1 unspecified atom stereocenters.